The van der Waals surface area contributed by atoms with Gasteiger partial charge in [-0.15, -0.1) is 0 Å². The van der Waals surface area contributed by atoms with Crippen LogP contribution in [0.5, 0.6) is 0 Å². The number of aromatic nitrogens is 2. The standard InChI is InChI=1S/C25H32F2N4O4.C2H6/c1-5-31-19-12-15(6-7-16(19)22(29-31)17-8-9-20(32)28-23(17)34)18-10-11-30(14-25(18,26)27)13-21(33)35-24(2,3)4;1-2/h6-7,12,17-18H,5,8-11,13-14H2,1-4H3,(H,28,32,34);1-2H3. The number of imide groups is 1. The average Bonchev–Trinajstić information content (AvgIpc) is 3.16. The van der Waals surface area contributed by atoms with Gasteiger partial charge in [0.05, 0.1) is 36.1 Å². The summed E-state index contributed by atoms with van der Waals surface area (Å²) in [6, 6.07) is 5.18. The maximum atomic E-state index is 15.3. The van der Waals surface area contributed by atoms with Crippen LogP contribution in [-0.4, -0.2) is 63.6 Å². The quantitative estimate of drug-likeness (QED) is 0.465. The number of carbonyl (C=O) groups excluding carboxylic acids is 3. The molecule has 2 aliphatic rings. The highest BCUT2D eigenvalue weighted by atomic mass is 19.3. The van der Waals surface area contributed by atoms with Gasteiger partial charge in [-0.25, -0.2) is 8.78 Å². The second-order valence-electron chi connectivity index (χ2n) is 10.4. The second-order valence-corrected chi connectivity index (χ2v) is 10.4. The van der Waals surface area contributed by atoms with E-state index >= 15 is 8.78 Å². The van der Waals surface area contributed by atoms with Crippen LogP contribution in [-0.2, 0) is 25.7 Å². The summed E-state index contributed by atoms with van der Waals surface area (Å²) in [7, 11) is 0. The van der Waals surface area contributed by atoms with E-state index in [1.54, 1.807) is 43.7 Å². The van der Waals surface area contributed by atoms with E-state index in [1.807, 2.05) is 20.8 Å². The Morgan fingerprint density at radius 1 is 1.22 bits per heavy atom. The molecule has 2 unspecified atom stereocenters. The number of halogens is 2. The summed E-state index contributed by atoms with van der Waals surface area (Å²) in [5.74, 6) is -5.77. The molecule has 0 radical (unpaired) electrons. The van der Waals surface area contributed by atoms with Crippen LogP contribution in [0.3, 0.4) is 0 Å². The number of alkyl halides is 2. The number of ether oxygens (including phenoxy) is 1. The zero-order valence-electron chi connectivity index (χ0n) is 22.6. The lowest BCUT2D eigenvalue weighted by molar-refractivity contribution is -0.159. The number of benzene rings is 1. The number of hydrogen-bond acceptors (Lipinski definition) is 6. The largest absolute Gasteiger partial charge is 0.459 e. The summed E-state index contributed by atoms with van der Waals surface area (Å²) in [5.41, 5.74) is 1.10. The minimum absolute atomic E-state index is 0.170. The predicted molar refractivity (Wildman–Crippen MR) is 136 cm³/mol. The van der Waals surface area contributed by atoms with Crippen LogP contribution >= 0.6 is 0 Å². The molecule has 2 aromatic rings. The number of nitrogens with zero attached hydrogens (tertiary/aromatic N) is 3. The fourth-order valence-electron chi connectivity index (χ4n) is 5.00. The predicted octanol–water partition coefficient (Wildman–Crippen LogP) is 4.37. The molecule has 204 valence electrons. The zero-order valence-corrected chi connectivity index (χ0v) is 22.6. The number of aryl methyl sites for hydroxylation is 1. The van der Waals surface area contributed by atoms with Crippen molar-refractivity contribution in [1.29, 1.82) is 0 Å². The maximum Gasteiger partial charge on any atom is 0.320 e. The second kappa shape index (κ2) is 11.2. The van der Waals surface area contributed by atoms with E-state index in [-0.39, 0.29) is 31.2 Å². The number of hydrogen-bond donors (Lipinski definition) is 1. The number of fused-ring (bicyclic) bond motifs is 1. The molecule has 4 rings (SSSR count). The van der Waals surface area contributed by atoms with E-state index in [4.69, 9.17) is 4.74 Å². The molecule has 8 nitrogen and oxygen atoms in total. The lowest BCUT2D eigenvalue weighted by Crippen LogP contribution is -2.49. The Hall–Kier alpha value is -2.88. The van der Waals surface area contributed by atoms with Crippen molar-refractivity contribution in [2.75, 3.05) is 19.6 Å². The van der Waals surface area contributed by atoms with Crippen molar-refractivity contribution in [2.24, 2.45) is 0 Å². The van der Waals surface area contributed by atoms with E-state index in [0.717, 1.165) is 5.39 Å². The van der Waals surface area contributed by atoms with Crippen LogP contribution in [0, 0.1) is 0 Å². The minimum atomic E-state index is -3.03. The van der Waals surface area contributed by atoms with E-state index in [1.165, 1.54) is 4.90 Å². The van der Waals surface area contributed by atoms with Crippen molar-refractivity contribution in [1.82, 2.24) is 20.0 Å². The van der Waals surface area contributed by atoms with Crippen LogP contribution in [0.15, 0.2) is 18.2 Å². The zero-order chi connectivity index (χ0) is 27.5. The summed E-state index contributed by atoms with van der Waals surface area (Å²) >= 11 is 0. The average molecular weight is 521 g/mol. The van der Waals surface area contributed by atoms with Gasteiger partial charge >= 0.3 is 5.97 Å². The van der Waals surface area contributed by atoms with Crippen molar-refractivity contribution in [3.63, 3.8) is 0 Å². The highest BCUT2D eigenvalue weighted by Gasteiger charge is 2.46. The number of rotatable bonds is 5. The third-order valence-corrected chi connectivity index (χ3v) is 6.53. The smallest absolute Gasteiger partial charge is 0.320 e. The van der Waals surface area contributed by atoms with E-state index in [9.17, 15) is 14.4 Å². The Bertz CT molecular complexity index is 1160. The van der Waals surface area contributed by atoms with Crippen LogP contribution in [0.25, 0.3) is 10.9 Å². The minimum Gasteiger partial charge on any atom is -0.459 e. The molecule has 2 amide bonds. The molecule has 0 aliphatic carbocycles. The van der Waals surface area contributed by atoms with Gasteiger partial charge in [-0.05, 0) is 58.7 Å². The summed E-state index contributed by atoms with van der Waals surface area (Å²) < 4.78 is 37.5. The fourth-order valence-corrected chi connectivity index (χ4v) is 5.00. The Morgan fingerprint density at radius 3 is 2.51 bits per heavy atom. The lowest BCUT2D eigenvalue weighted by atomic mass is 9.85. The van der Waals surface area contributed by atoms with E-state index < -0.39 is 35.9 Å². The molecule has 0 bridgehead atoms. The van der Waals surface area contributed by atoms with Gasteiger partial charge in [0.25, 0.3) is 5.92 Å². The van der Waals surface area contributed by atoms with Gasteiger partial charge in [0, 0.05) is 18.4 Å². The monoisotopic (exact) mass is 520 g/mol. The Kier molecular flexibility index (Phi) is 8.72. The topological polar surface area (TPSA) is 93.5 Å². The molecule has 37 heavy (non-hydrogen) atoms. The molecular weight excluding hydrogens is 482 g/mol. The highest BCUT2D eigenvalue weighted by molar-refractivity contribution is 6.02. The normalized spacial score (nSPS) is 22.3. The molecular formula is C27H38F2N4O4. The summed E-state index contributed by atoms with van der Waals surface area (Å²) in [6.07, 6.45) is 0.807. The van der Waals surface area contributed by atoms with Gasteiger partial charge in [-0.2, -0.15) is 5.10 Å². The number of amides is 2. The molecule has 0 spiro atoms. The first kappa shape index (κ1) is 28.7. The number of esters is 1. The SMILES string of the molecule is CC.CCn1nc(C2CCC(=O)NC2=O)c2ccc(C3CCN(CC(=O)OC(C)(C)C)CC3(F)F)cc21. The van der Waals surface area contributed by atoms with Crippen molar-refractivity contribution in [3.05, 3.63) is 29.5 Å². The van der Waals surface area contributed by atoms with Gasteiger partial charge in [0.2, 0.25) is 11.8 Å². The Balaban J connectivity index is 0.00000186. The van der Waals surface area contributed by atoms with Crippen LogP contribution in [0.1, 0.15) is 83.9 Å². The molecule has 2 aliphatic heterocycles. The number of carbonyl (C=O) groups is 3. The van der Waals surface area contributed by atoms with Crippen molar-refractivity contribution in [2.45, 2.75) is 90.7 Å². The molecule has 2 atom stereocenters. The Labute approximate surface area is 216 Å². The number of nitrogens with one attached hydrogen (secondary N) is 1. The van der Waals surface area contributed by atoms with E-state index in [0.29, 0.717) is 36.3 Å². The number of likely N-dealkylation sites (tertiary alicyclic amines) is 1. The van der Waals surface area contributed by atoms with Crippen LogP contribution in [0.2, 0.25) is 0 Å². The van der Waals surface area contributed by atoms with Crippen LogP contribution in [0.4, 0.5) is 8.78 Å². The maximum absolute atomic E-state index is 15.3. The fraction of sp³-hybridized carbons (Fsp3) is 0.630. The first-order valence-corrected chi connectivity index (χ1v) is 13.0. The van der Waals surface area contributed by atoms with Crippen LogP contribution < -0.4 is 5.32 Å². The first-order chi connectivity index (χ1) is 17.4. The van der Waals surface area contributed by atoms with Gasteiger partial charge in [0.1, 0.15) is 5.60 Å². The molecule has 1 N–H and O–H groups in total. The summed E-state index contributed by atoms with van der Waals surface area (Å²) in [4.78, 5) is 37.5. The molecule has 1 aromatic carbocycles. The Morgan fingerprint density at radius 2 is 1.92 bits per heavy atom. The number of piperidine rings is 2. The molecule has 3 heterocycles. The van der Waals surface area contributed by atoms with Gasteiger partial charge in [-0.3, -0.25) is 29.3 Å². The molecule has 1 aromatic heterocycles. The summed E-state index contributed by atoms with van der Waals surface area (Å²) in [6.45, 7) is 11.3. The van der Waals surface area contributed by atoms with E-state index in [2.05, 4.69) is 10.4 Å². The summed E-state index contributed by atoms with van der Waals surface area (Å²) in [5, 5.41) is 7.69. The van der Waals surface area contributed by atoms with Gasteiger partial charge in [-0.1, -0.05) is 26.0 Å². The van der Waals surface area contributed by atoms with Gasteiger partial charge < -0.3 is 4.74 Å². The van der Waals surface area contributed by atoms with Crippen molar-refractivity contribution in [3.8, 4) is 0 Å². The highest BCUT2D eigenvalue weighted by Crippen LogP contribution is 2.42. The molecule has 2 saturated heterocycles. The third kappa shape index (κ3) is 6.52. The molecule has 2 fully saturated rings. The van der Waals surface area contributed by atoms with Crippen molar-refractivity contribution < 1.29 is 27.9 Å². The third-order valence-electron chi connectivity index (χ3n) is 6.53. The van der Waals surface area contributed by atoms with Gasteiger partial charge in [0.15, 0.2) is 0 Å². The first-order valence-electron chi connectivity index (χ1n) is 13.0. The molecule has 0 saturated carbocycles. The molecule has 10 heteroatoms. The van der Waals surface area contributed by atoms with Crippen molar-refractivity contribution >= 4 is 28.7 Å². The lowest BCUT2D eigenvalue weighted by Gasteiger charge is -2.38.